The maximum Gasteiger partial charge on any atom is 0.175 e. The summed E-state index contributed by atoms with van der Waals surface area (Å²) < 4.78 is 23.0. The Morgan fingerprint density at radius 3 is 2.33 bits per heavy atom. The lowest BCUT2D eigenvalue weighted by molar-refractivity contribution is 0.203. The molecule has 1 aliphatic rings. The highest BCUT2D eigenvalue weighted by Gasteiger charge is 2.16. The molecule has 0 aliphatic carbocycles. The van der Waals surface area contributed by atoms with Crippen LogP contribution in [-0.4, -0.2) is 48.7 Å². The van der Waals surface area contributed by atoms with E-state index in [0.29, 0.717) is 10.9 Å². The predicted molar refractivity (Wildman–Crippen MR) is 93.1 cm³/mol. The van der Waals surface area contributed by atoms with E-state index in [-0.39, 0.29) is 0 Å². The third-order valence-electron chi connectivity index (χ3n) is 4.30. The maximum absolute atomic E-state index is 11.5. The predicted octanol–water partition coefficient (Wildman–Crippen LogP) is 1.47. The molecular formula is C17H22N4O2S. The molecule has 0 amide bonds. The number of rotatable bonds is 4. The minimum absolute atomic E-state index is 0.305. The van der Waals surface area contributed by atoms with E-state index in [2.05, 4.69) is 14.9 Å². The molecule has 2 heterocycles. The monoisotopic (exact) mass is 346 g/mol. The van der Waals surface area contributed by atoms with E-state index in [9.17, 15) is 8.42 Å². The van der Waals surface area contributed by atoms with E-state index in [0.717, 1.165) is 49.4 Å². The van der Waals surface area contributed by atoms with Gasteiger partial charge in [-0.25, -0.2) is 8.42 Å². The molecule has 1 aromatic carbocycles. The van der Waals surface area contributed by atoms with Crippen LogP contribution in [0, 0.1) is 0 Å². The number of hydrogen-bond donors (Lipinski definition) is 1. The number of benzene rings is 1. The first-order chi connectivity index (χ1) is 11.4. The Labute approximate surface area is 142 Å². The number of aromatic nitrogens is 2. The van der Waals surface area contributed by atoms with E-state index in [1.54, 1.807) is 36.7 Å². The standard InChI is InChI=1S/C17H22N4O2S/c1-24(22,23)16-4-2-13(3-5-16)17-11-19-15(10-20-17)12-21-8-6-14(18)7-9-21/h2-5,10-11,14H,6-9,12,18H2,1H3. The first-order valence-electron chi connectivity index (χ1n) is 8.01. The molecule has 2 N–H and O–H groups in total. The van der Waals surface area contributed by atoms with E-state index in [1.807, 2.05) is 0 Å². The second-order valence-corrected chi connectivity index (χ2v) is 8.32. The van der Waals surface area contributed by atoms with Crippen molar-refractivity contribution in [3.63, 3.8) is 0 Å². The van der Waals surface area contributed by atoms with Crippen molar-refractivity contribution in [2.45, 2.75) is 30.3 Å². The topological polar surface area (TPSA) is 89.2 Å². The first kappa shape index (κ1) is 17.0. The average Bonchev–Trinajstić information content (AvgIpc) is 2.57. The number of likely N-dealkylation sites (tertiary alicyclic amines) is 1. The molecule has 0 unspecified atom stereocenters. The van der Waals surface area contributed by atoms with Crippen LogP contribution in [0.3, 0.4) is 0 Å². The number of hydrogen-bond acceptors (Lipinski definition) is 6. The van der Waals surface area contributed by atoms with Crippen LogP contribution in [0.15, 0.2) is 41.6 Å². The van der Waals surface area contributed by atoms with Gasteiger partial charge < -0.3 is 5.73 Å². The average molecular weight is 346 g/mol. The molecule has 1 saturated heterocycles. The van der Waals surface area contributed by atoms with Gasteiger partial charge in [0.15, 0.2) is 9.84 Å². The van der Waals surface area contributed by atoms with Crippen LogP contribution in [0.25, 0.3) is 11.3 Å². The van der Waals surface area contributed by atoms with Gasteiger partial charge in [-0.1, -0.05) is 12.1 Å². The van der Waals surface area contributed by atoms with Crippen LogP contribution >= 0.6 is 0 Å². The molecule has 24 heavy (non-hydrogen) atoms. The van der Waals surface area contributed by atoms with Crippen LogP contribution in [0.5, 0.6) is 0 Å². The molecule has 0 atom stereocenters. The Morgan fingerprint density at radius 2 is 1.79 bits per heavy atom. The van der Waals surface area contributed by atoms with Gasteiger partial charge in [0, 0.05) is 37.5 Å². The lowest BCUT2D eigenvalue weighted by atomic mass is 10.1. The zero-order valence-electron chi connectivity index (χ0n) is 13.7. The molecule has 1 aliphatic heterocycles. The minimum atomic E-state index is -3.18. The third kappa shape index (κ3) is 4.17. The summed E-state index contributed by atoms with van der Waals surface area (Å²) in [6.45, 7) is 2.78. The van der Waals surface area contributed by atoms with Gasteiger partial charge >= 0.3 is 0 Å². The minimum Gasteiger partial charge on any atom is -0.328 e. The van der Waals surface area contributed by atoms with Crippen molar-refractivity contribution in [2.75, 3.05) is 19.3 Å². The molecule has 128 valence electrons. The van der Waals surface area contributed by atoms with Crippen molar-refractivity contribution < 1.29 is 8.42 Å². The molecule has 2 aromatic rings. The molecule has 1 aromatic heterocycles. The van der Waals surface area contributed by atoms with Gasteiger partial charge in [0.05, 0.1) is 28.7 Å². The fourth-order valence-electron chi connectivity index (χ4n) is 2.80. The molecule has 0 radical (unpaired) electrons. The highest BCUT2D eigenvalue weighted by molar-refractivity contribution is 7.90. The van der Waals surface area contributed by atoms with Crippen molar-refractivity contribution in [1.82, 2.24) is 14.9 Å². The lowest BCUT2D eigenvalue weighted by Crippen LogP contribution is -2.39. The van der Waals surface area contributed by atoms with Gasteiger partial charge in [-0.3, -0.25) is 14.9 Å². The fraction of sp³-hybridized carbons (Fsp3) is 0.412. The SMILES string of the molecule is CS(=O)(=O)c1ccc(-c2cnc(CN3CCC(N)CC3)cn2)cc1. The quantitative estimate of drug-likeness (QED) is 0.902. The van der Waals surface area contributed by atoms with Crippen LogP contribution < -0.4 is 5.73 Å². The van der Waals surface area contributed by atoms with Crippen molar-refractivity contribution in [3.05, 3.63) is 42.4 Å². The molecule has 1 fully saturated rings. The Kier molecular flexibility index (Phi) is 4.93. The Balaban J connectivity index is 1.68. The van der Waals surface area contributed by atoms with Gasteiger partial charge in [0.25, 0.3) is 0 Å². The summed E-state index contributed by atoms with van der Waals surface area (Å²) in [4.78, 5) is 11.6. The van der Waals surface area contributed by atoms with Gasteiger partial charge in [-0.05, 0) is 25.0 Å². The lowest BCUT2D eigenvalue weighted by Gasteiger charge is -2.29. The number of sulfone groups is 1. The number of piperidine rings is 1. The largest absolute Gasteiger partial charge is 0.328 e. The highest BCUT2D eigenvalue weighted by Crippen LogP contribution is 2.19. The van der Waals surface area contributed by atoms with Gasteiger partial charge in [-0.2, -0.15) is 0 Å². The maximum atomic E-state index is 11.5. The summed E-state index contributed by atoms with van der Waals surface area (Å²) in [6.07, 6.45) is 6.77. The van der Waals surface area contributed by atoms with Crippen LogP contribution in [0.2, 0.25) is 0 Å². The van der Waals surface area contributed by atoms with Crippen molar-refractivity contribution in [3.8, 4) is 11.3 Å². The first-order valence-corrected chi connectivity index (χ1v) is 9.90. The van der Waals surface area contributed by atoms with E-state index >= 15 is 0 Å². The molecule has 0 saturated carbocycles. The fourth-order valence-corrected chi connectivity index (χ4v) is 3.43. The van der Waals surface area contributed by atoms with Crippen LogP contribution in [0.1, 0.15) is 18.5 Å². The Bertz CT molecular complexity index is 780. The molecular weight excluding hydrogens is 324 g/mol. The van der Waals surface area contributed by atoms with Gasteiger partial charge in [0.2, 0.25) is 0 Å². The Hall–Kier alpha value is -1.83. The van der Waals surface area contributed by atoms with Crippen molar-refractivity contribution in [1.29, 1.82) is 0 Å². The van der Waals surface area contributed by atoms with Crippen molar-refractivity contribution in [2.24, 2.45) is 5.73 Å². The molecule has 0 bridgehead atoms. The molecule has 3 rings (SSSR count). The van der Waals surface area contributed by atoms with E-state index < -0.39 is 9.84 Å². The summed E-state index contributed by atoms with van der Waals surface area (Å²) in [5.41, 5.74) is 8.44. The summed E-state index contributed by atoms with van der Waals surface area (Å²) >= 11 is 0. The zero-order chi connectivity index (χ0) is 17.2. The van der Waals surface area contributed by atoms with E-state index in [1.165, 1.54) is 6.26 Å². The van der Waals surface area contributed by atoms with Crippen LogP contribution in [-0.2, 0) is 16.4 Å². The van der Waals surface area contributed by atoms with Crippen molar-refractivity contribution >= 4 is 9.84 Å². The van der Waals surface area contributed by atoms with Gasteiger partial charge in [0.1, 0.15) is 0 Å². The summed E-state index contributed by atoms with van der Waals surface area (Å²) in [5.74, 6) is 0. The normalized spacial score (nSPS) is 17.1. The van der Waals surface area contributed by atoms with Gasteiger partial charge in [-0.15, -0.1) is 0 Å². The second kappa shape index (κ2) is 6.96. The zero-order valence-corrected chi connectivity index (χ0v) is 14.5. The smallest absolute Gasteiger partial charge is 0.175 e. The molecule has 0 spiro atoms. The summed E-state index contributed by atoms with van der Waals surface area (Å²) in [7, 11) is -3.18. The molecule has 7 heteroatoms. The number of nitrogens with zero attached hydrogens (tertiary/aromatic N) is 3. The van der Waals surface area contributed by atoms with Crippen LogP contribution in [0.4, 0.5) is 0 Å². The number of nitrogens with two attached hydrogens (primary N) is 1. The second-order valence-electron chi connectivity index (χ2n) is 6.30. The van der Waals surface area contributed by atoms with E-state index in [4.69, 9.17) is 5.73 Å². The molecule has 6 nitrogen and oxygen atoms in total. The third-order valence-corrected chi connectivity index (χ3v) is 5.43. The highest BCUT2D eigenvalue weighted by atomic mass is 32.2. The summed E-state index contributed by atoms with van der Waals surface area (Å²) in [5, 5.41) is 0. The summed E-state index contributed by atoms with van der Waals surface area (Å²) in [6, 6.07) is 7.02. The Morgan fingerprint density at radius 1 is 1.12 bits per heavy atom.